The molecular formula is C12H16NO2. The minimum atomic E-state index is -0.208. The topological polar surface area (TPSA) is 38.3 Å². The zero-order valence-corrected chi connectivity index (χ0v) is 8.95. The van der Waals surface area contributed by atoms with Gasteiger partial charge in [-0.2, -0.15) is 0 Å². The molecule has 0 heterocycles. The van der Waals surface area contributed by atoms with Crippen molar-refractivity contribution in [1.82, 2.24) is 5.48 Å². The van der Waals surface area contributed by atoms with Gasteiger partial charge >= 0.3 is 0 Å². The highest BCUT2D eigenvalue weighted by Gasteiger charge is 2.02. The number of rotatable bonds is 6. The fourth-order valence-corrected chi connectivity index (χ4v) is 1.14. The Morgan fingerprint density at radius 3 is 2.80 bits per heavy atom. The molecule has 0 bridgehead atoms. The highest BCUT2D eigenvalue weighted by Crippen LogP contribution is 1.98. The summed E-state index contributed by atoms with van der Waals surface area (Å²) in [6.07, 6.45) is 3.24. The molecule has 1 aromatic rings. The molecule has 3 heteroatoms. The normalized spacial score (nSPS) is 9.93. The van der Waals surface area contributed by atoms with Crippen molar-refractivity contribution >= 4 is 5.91 Å². The van der Waals surface area contributed by atoms with Crippen LogP contribution in [0.15, 0.2) is 24.3 Å². The molecule has 81 valence electrons. The average molecular weight is 206 g/mol. The molecule has 0 aromatic heterocycles. The number of carbonyl (C=O) groups is 1. The number of nitrogens with one attached hydrogen (secondary N) is 1. The van der Waals surface area contributed by atoms with Crippen LogP contribution in [0.25, 0.3) is 0 Å². The lowest BCUT2D eigenvalue weighted by molar-refractivity contribution is 0.0298. The van der Waals surface area contributed by atoms with Crippen LogP contribution in [0, 0.1) is 6.07 Å². The summed E-state index contributed by atoms with van der Waals surface area (Å²) in [6, 6.07) is 9.65. The van der Waals surface area contributed by atoms with Gasteiger partial charge < -0.3 is 0 Å². The molecule has 0 aliphatic rings. The fourth-order valence-electron chi connectivity index (χ4n) is 1.14. The van der Waals surface area contributed by atoms with E-state index in [2.05, 4.69) is 18.5 Å². The molecule has 3 nitrogen and oxygen atoms in total. The van der Waals surface area contributed by atoms with Crippen molar-refractivity contribution in [2.24, 2.45) is 0 Å². The molecule has 0 saturated carbocycles. The maximum absolute atomic E-state index is 11.4. The zero-order chi connectivity index (χ0) is 10.9. The summed E-state index contributed by atoms with van der Waals surface area (Å²) in [5.41, 5.74) is 2.99. The Kier molecular flexibility index (Phi) is 5.48. The first-order valence-electron chi connectivity index (χ1n) is 5.23. The number of hydrogen-bond acceptors (Lipinski definition) is 2. The van der Waals surface area contributed by atoms with E-state index in [4.69, 9.17) is 4.84 Å². The van der Waals surface area contributed by atoms with Gasteiger partial charge in [-0.25, -0.2) is 5.48 Å². The van der Waals surface area contributed by atoms with Gasteiger partial charge in [0.1, 0.15) is 0 Å². The van der Waals surface area contributed by atoms with Crippen LogP contribution in [-0.2, 0) is 4.84 Å². The van der Waals surface area contributed by atoms with Crippen LogP contribution in [0.4, 0.5) is 0 Å². The van der Waals surface area contributed by atoms with Gasteiger partial charge in [-0.1, -0.05) is 31.9 Å². The number of hydroxylamine groups is 1. The van der Waals surface area contributed by atoms with E-state index in [1.807, 2.05) is 0 Å². The van der Waals surface area contributed by atoms with Crippen LogP contribution in [0.3, 0.4) is 0 Å². The molecule has 1 radical (unpaired) electrons. The van der Waals surface area contributed by atoms with E-state index in [9.17, 15) is 4.79 Å². The molecule has 0 aliphatic carbocycles. The number of carbonyl (C=O) groups excluding carboxylic acids is 1. The third kappa shape index (κ3) is 4.61. The lowest BCUT2D eigenvalue weighted by Crippen LogP contribution is -2.24. The number of unbranched alkanes of at least 4 members (excludes halogenated alkanes) is 2. The van der Waals surface area contributed by atoms with E-state index in [1.165, 1.54) is 0 Å². The summed E-state index contributed by atoms with van der Waals surface area (Å²) in [7, 11) is 0. The first kappa shape index (κ1) is 11.7. The fraction of sp³-hybridized carbons (Fsp3) is 0.417. The Labute approximate surface area is 90.4 Å². The van der Waals surface area contributed by atoms with Gasteiger partial charge in [0.05, 0.1) is 6.61 Å². The van der Waals surface area contributed by atoms with Gasteiger partial charge in [-0.3, -0.25) is 9.63 Å². The summed E-state index contributed by atoms with van der Waals surface area (Å²) in [5, 5.41) is 0. The summed E-state index contributed by atoms with van der Waals surface area (Å²) in [4.78, 5) is 16.5. The molecule has 0 unspecified atom stereocenters. The summed E-state index contributed by atoms with van der Waals surface area (Å²) >= 11 is 0. The molecule has 0 aliphatic heterocycles. The van der Waals surface area contributed by atoms with Crippen molar-refractivity contribution in [1.29, 1.82) is 0 Å². The van der Waals surface area contributed by atoms with Gasteiger partial charge in [-0.05, 0) is 24.6 Å². The van der Waals surface area contributed by atoms with E-state index in [0.29, 0.717) is 12.2 Å². The molecule has 1 amide bonds. The zero-order valence-electron chi connectivity index (χ0n) is 8.95. The highest BCUT2D eigenvalue weighted by molar-refractivity contribution is 5.93. The smallest absolute Gasteiger partial charge is 0.273 e. The molecule has 1 rings (SSSR count). The van der Waals surface area contributed by atoms with Gasteiger partial charge in [0, 0.05) is 5.56 Å². The second-order valence-corrected chi connectivity index (χ2v) is 3.28. The molecule has 0 fully saturated rings. The predicted octanol–water partition coefficient (Wildman–Crippen LogP) is 2.34. The van der Waals surface area contributed by atoms with Crippen molar-refractivity contribution in [3.63, 3.8) is 0 Å². The molecule has 1 aromatic carbocycles. The molecule has 0 saturated heterocycles. The number of benzene rings is 1. The minimum absolute atomic E-state index is 0.208. The molecule has 0 atom stereocenters. The van der Waals surface area contributed by atoms with Crippen molar-refractivity contribution in [2.75, 3.05) is 6.61 Å². The molecule has 1 N–H and O–H groups in total. The first-order valence-corrected chi connectivity index (χ1v) is 5.23. The van der Waals surface area contributed by atoms with Gasteiger partial charge in [0.15, 0.2) is 0 Å². The summed E-state index contributed by atoms with van der Waals surface area (Å²) in [6.45, 7) is 2.69. The van der Waals surface area contributed by atoms with Crippen LogP contribution in [0.2, 0.25) is 0 Å². The average Bonchev–Trinajstić information content (AvgIpc) is 2.30. The molecule has 0 spiro atoms. The lowest BCUT2D eigenvalue weighted by Gasteiger charge is -2.04. The monoisotopic (exact) mass is 206 g/mol. The predicted molar refractivity (Wildman–Crippen MR) is 58.2 cm³/mol. The second kappa shape index (κ2) is 7.01. The maximum Gasteiger partial charge on any atom is 0.274 e. The van der Waals surface area contributed by atoms with E-state index in [-0.39, 0.29) is 5.91 Å². The van der Waals surface area contributed by atoms with Crippen LogP contribution in [0.5, 0.6) is 0 Å². The second-order valence-electron chi connectivity index (χ2n) is 3.28. The van der Waals surface area contributed by atoms with E-state index in [1.54, 1.807) is 24.3 Å². The third-order valence-corrected chi connectivity index (χ3v) is 2.00. The van der Waals surface area contributed by atoms with E-state index in [0.717, 1.165) is 19.3 Å². The Morgan fingerprint density at radius 1 is 1.40 bits per heavy atom. The van der Waals surface area contributed by atoms with Crippen LogP contribution < -0.4 is 5.48 Å². The lowest BCUT2D eigenvalue weighted by atomic mass is 10.2. The first-order chi connectivity index (χ1) is 7.34. The number of amides is 1. The number of hydrogen-bond donors (Lipinski definition) is 1. The van der Waals surface area contributed by atoms with Gasteiger partial charge in [-0.15, -0.1) is 0 Å². The highest BCUT2D eigenvalue weighted by atomic mass is 16.6. The van der Waals surface area contributed by atoms with E-state index >= 15 is 0 Å². The molecular weight excluding hydrogens is 190 g/mol. The van der Waals surface area contributed by atoms with Crippen molar-refractivity contribution in [3.8, 4) is 0 Å². The van der Waals surface area contributed by atoms with Gasteiger partial charge in [0.2, 0.25) is 0 Å². The Hall–Kier alpha value is -1.35. The van der Waals surface area contributed by atoms with Crippen molar-refractivity contribution < 1.29 is 9.63 Å². The SMILES string of the molecule is CCCCCONC(=O)c1cc[c]cc1. The standard InChI is InChI=1S/C12H16NO2/c1-2-3-7-10-15-13-12(14)11-8-5-4-6-9-11/h5-6,8-9H,2-3,7,10H2,1H3,(H,13,14). The van der Waals surface area contributed by atoms with Crippen molar-refractivity contribution in [3.05, 3.63) is 35.9 Å². The minimum Gasteiger partial charge on any atom is -0.273 e. The van der Waals surface area contributed by atoms with Gasteiger partial charge in [0.25, 0.3) is 5.91 Å². The Balaban J connectivity index is 2.20. The maximum atomic E-state index is 11.4. The quantitative estimate of drug-likeness (QED) is 0.573. The Morgan fingerprint density at radius 2 is 2.13 bits per heavy atom. The van der Waals surface area contributed by atoms with Crippen LogP contribution >= 0.6 is 0 Å². The largest absolute Gasteiger partial charge is 0.274 e. The van der Waals surface area contributed by atoms with Crippen LogP contribution in [-0.4, -0.2) is 12.5 Å². The van der Waals surface area contributed by atoms with Crippen LogP contribution in [0.1, 0.15) is 36.5 Å². The summed E-state index contributed by atoms with van der Waals surface area (Å²) in [5.74, 6) is -0.208. The van der Waals surface area contributed by atoms with E-state index < -0.39 is 0 Å². The molecule has 15 heavy (non-hydrogen) atoms. The third-order valence-electron chi connectivity index (χ3n) is 2.00. The van der Waals surface area contributed by atoms with Crippen molar-refractivity contribution in [2.45, 2.75) is 26.2 Å². The summed E-state index contributed by atoms with van der Waals surface area (Å²) < 4.78 is 0. The Bertz CT molecular complexity index is 285.